The van der Waals surface area contributed by atoms with Crippen LogP contribution in [0.2, 0.25) is 0 Å². The van der Waals surface area contributed by atoms with Crippen molar-refractivity contribution in [3.8, 4) is 0 Å². The van der Waals surface area contributed by atoms with Gasteiger partial charge in [0.05, 0.1) is 6.26 Å². The van der Waals surface area contributed by atoms with Crippen LogP contribution >= 0.6 is 0 Å². The molecule has 0 rings (SSSR count). The molecule has 0 aliphatic carbocycles. The van der Waals surface area contributed by atoms with Crippen LogP contribution in [0.1, 0.15) is 27.2 Å². The van der Waals surface area contributed by atoms with Crippen LogP contribution in [-0.4, -0.2) is 5.11 Å². The van der Waals surface area contributed by atoms with Crippen LogP contribution in [0, 0.1) is 0 Å². The van der Waals surface area contributed by atoms with Gasteiger partial charge in [-0.05, 0) is 6.42 Å². The molecule has 0 bridgehead atoms. The van der Waals surface area contributed by atoms with E-state index in [-0.39, 0.29) is 7.43 Å². The Labute approximate surface area is 45.7 Å². The topological polar surface area (TPSA) is 20.2 Å². The van der Waals surface area contributed by atoms with Gasteiger partial charge in [-0.15, -0.1) is 0 Å². The van der Waals surface area contributed by atoms with Crippen molar-refractivity contribution < 1.29 is 5.11 Å². The van der Waals surface area contributed by atoms with E-state index in [0.717, 1.165) is 19.1 Å². The number of hydrogen-bond acceptors (Lipinski definition) is 1. The van der Waals surface area contributed by atoms with Gasteiger partial charge in [0.25, 0.3) is 0 Å². The first kappa shape index (κ1) is 9.74. The summed E-state index contributed by atoms with van der Waals surface area (Å²) < 4.78 is 0. The van der Waals surface area contributed by atoms with Crippen molar-refractivity contribution in [2.75, 3.05) is 0 Å². The molecule has 1 heteroatoms. The molecule has 1 N–H and O–H groups in total. The molecule has 0 aromatic heterocycles. The second kappa shape index (κ2) is 9.11. The highest BCUT2D eigenvalue weighted by Crippen LogP contribution is 1.84. The molecule has 0 amide bonds. The van der Waals surface area contributed by atoms with Crippen molar-refractivity contribution in [1.29, 1.82) is 0 Å². The third kappa shape index (κ3) is 10.8. The Morgan fingerprint density at radius 3 is 2.29 bits per heavy atom. The van der Waals surface area contributed by atoms with Crippen LogP contribution in [-0.2, 0) is 0 Å². The largest absolute Gasteiger partial charge is 0.516 e. The zero-order valence-electron chi connectivity index (χ0n) is 4.02. The molecule has 44 valence electrons. The molecule has 0 fully saturated rings. The number of unbranched alkanes of at least 4 members (excludes halogenated alkanes) is 1. The Bertz CT molecular complexity index is 39.4. The lowest BCUT2D eigenvalue weighted by Gasteiger charge is -1.75. The molecule has 0 aliphatic rings. The number of aliphatic hydroxyl groups excluding tert-OH is 1. The highest BCUT2D eigenvalue weighted by atomic mass is 16.2. The maximum atomic E-state index is 8.02. The molecule has 7 heavy (non-hydrogen) atoms. The van der Waals surface area contributed by atoms with E-state index in [9.17, 15) is 0 Å². The van der Waals surface area contributed by atoms with Gasteiger partial charge in [0.15, 0.2) is 0 Å². The summed E-state index contributed by atoms with van der Waals surface area (Å²) in [4.78, 5) is 0. The fourth-order valence-corrected chi connectivity index (χ4v) is 0.241. The number of rotatable bonds is 2. The highest BCUT2D eigenvalue weighted by molar-refractivity contribution is 4.69. The van der Waals surface area contributed by atoms with E-state index in [1.807, 2.05) is 0 Å². The highest BCUT2D eigenvalue weighted by Gasteiger charge is 1.66. The van der Waals surface area contributed by atoms with E-state index in [4.69, 9.17) is 5.11 Å². The van der Waals surface area contributed by atoms with Gasteiger partial charge in [0.1, 0.15) is 0 Å². The zero-order valence-corrected chi connectivity index (χ0v) is 4.02. The van der Waals surface area contributed by atoms with E-state index in [1.165, 1.54) is 0 Å². The summed E-state index contributed by atoms with van der Waals surface area (Å²) in [7, 11) is 0. The second-order valence-electron chi connectivity index (χ2n) is 1.17. The van der Waals surface area contributed by atoms with Crippen molar-refractivity contribution in [1.82, 2.24) is 0 Å². The second-order valence-corrected chi connectivity index (χ2v) is 1.17. The number of hydrogen-bond donors (Lipinski definition) is 1. The molecule has 0 radical (unpaired) electrons. The lowest BCUT2D eigenvalue weighted by molar-refractivity contribution is 0.470. The van der Waals surface area contributed by atoms with E-state index < -0.39 is 0 Å². The van der Waals surface area contributed by atoms with Crippen LogP contribution in [0.15, 0.2) is 12.3 Å². The van der Waals surface area contributed by atoms with Crippen molar-refractivity contribution in [3.05, 3.63) is 12.3 Å². The van der Waals surface area contributed by atoms with Crippen molar-refractivity contribution in [2.45, 2.75) is 27.2 Å². The third-order valence-electron chi connectivity index (χ3n) is 0.561. The molecule has 0 heterocycles. The average Bonchev–Trinajstić information content (AvgIpc) is 1.61. The fourth-order valence-electron chi connectivity index (χ4n) is 0.241. The smallest absolute Gasteiger partial charge is 0.0751 e. The minimum absolute atomic E-state index is 0. The predicted molar refractivity (Wildman–Crippen MR) is 33.4 cm³/mol. The third-order valence-corrected chi connectivity index (χ3v) is 0.561. The molecule has 0 saturated carbocycles. The average molecular weight is 102 g/mol. The molecular formula is C6H14O. The molecule has 0 atom stereocenters. The fraction of sp³-hybridized carbons (Fsp3) is 0.667. The van der Waals surface area contributed by atoms with Crippen molar-refractivity contribution in [3.63, 3.8) is 0 Å². The predicted octanol–water partition coefficient (Wildman–Crippen LogP) is 2.49. The molecule has 0 saturated heterocycles. The number of allylic oxidation sites excluding steroid dienone is 1. The van der Waals surface area contributed by atoms with E-state index in [1.54, 1.807) is 6.08 Å². The summed E-state index contributed by atoms with van der Waals surface area (Å²) in [6.07, 6.45) is 4.91. The van der Waals surface area contributed by atoms with Crippen LogP contribution < -0.4 is 0 Å². The monoisotopic (exact) mass is 102 g/mol. The van der Waals surface area contributed by atoms with Gasteiger partial charge in [-0.2, -0.15) is 0 Å². The summed E-state index contributed by atoms with van der Waals surface area (Å²) in [5.41, 5.74) is 0. The first-order valence-corrected chi connectivity index (χ1v) is 2.21. The zero-order chi connectivity index (χ0) is 4.83. The van der Waals surface area contributed by atoms with Gasteiger partial charge in [0.2, 0.25) is 0 Å². The minimum Gasteiger partial charge on any atom is -0.516 e. The maximum Gasteiger partial charge on any atom is 0.0751 e. The first-order chi connectivity index (χ1) is 2.91. The summed E-state index contributed by atoms with van der Waals surface area (Å²) in [6.45, 7) is 2.07. The maximum absolute atomic E-state index is 8.02. The summed E-state index contributed by atoms with van der Waals surface area (Å²) in [5, 5.41) is 8.02. The molecule has 0 spiro atoms. The van der Waals surface area contributed by atoms with Gasteiger partial charge < -0.3 is 5.11 Å². The molecule has 1 nitrogen and oxygen atoms in total. The van der Waals surface area contributed by atoms with Gasteiger partial charge in [0, 0.05) is 0 Å². The van der Waals surface area contributed by atoms with Gasteiger partial charge >= 0.3 is 0 Å². The Balaban J connectivity index is 0. The summed E-state index contributed by atoms with van der Waals surface area (Å²) >= 11 is 0. The van der Waals surface area contributed by atoms with Crippen LogP contribution in [0.25, 0.3) is 0 Å². The molecule has 0 aromatic carbocycles. The van der Waals surface area contributed by atoms with Crippen LogP contribution in [0.5, 0.6) is 0 Å². The first-order valence-electron chi connectivity index (χ1n) is 2.21. The van der Waals surface area contributed by atoms with E-state index in [2.05, 4.69) is 6.92 Å². The minimum atomic E-state index is 0. The quantitative estimate of drug-likeness (QED) is 0.531. The Morgan fingerprint density at radius 1 is 1.57 bits per heavy atom. The normalized spacial score (nSPS) is 8.71. The van der Waals surface area contributed by atoms with Crippen LogP contribution in [0.3, 0.4) is 0 Å². The molecule has 0 aliphatic heterocycles. The molecule has 0 unspecified atom stereocenters. The van der Waals surface area contributed by atoms with E-state index >= 15 is 0 Å². The number of aliphatic hydroxyl groups is 1. The van der Waals surface area contributed by atoms with E-state index in [0.29, 0.717) is 0 Å². The summed E-state index contributed by atoms with van der Waals surface area (Å²) in [6, 6.07) is 0. The SMILES string of the molecule is C.CCCC=CO. The Hall–Kier alpha value is -0.460. The lowest BCUT2D eigenvalue weighted by Crippen LogP contribution is -1.57. The Morgan fingerprint density at radius 2 is 2.14 bits per heavy atom. The lowest BCUT2D eigenvalue weighted by atomic mass is 10.3. The standard InChI is InChI=1S/C5H10O.CH4/c1-2-3-4-5-6;/h4-6H,2-3H2,1H3;1H4. The van der Waals surface area contributed by atoms with Gasteiger partial charge in [-0.25, -0.2) is 0 Å². The van der Waals surface area contributed by atoms with Crippen molar-refractivity contribution >= 4 is 0 Å². The van der Waals surface area contributed by atoms with Gasteiger partial charge in [-0.1, -0.05) is 26.8 Å². The molecular weight excluding hydrogens is 88.1 g/mol. The van der Waals surface area contributed by atoms with Gasteiger partial charge in [-0.3, -0.25) is 0 Å². The molecule has 0 aromatic rings. The summed E-state index contributed by atoms with van der Waals surface area (Å²) in [5.74, 6) is 0. The van der Waals surface area contributed by atoms with Crippen molar-refractivity contribution in [2.24, 2.45) is 0 Å². The Kier molecular flexibility index (Phi) is 12.7. The van der Waals surface area contributed by atoms with Crippen LogP contribution in [0.4, 0.5) is 0 Å².